The van der Waals surface area contributed by atoms with Crippen molar-refractivity contribution in [2.24, 2.45) is 0 Å². The molecule has 1 aromatic heterocycles. The van der Waals surface area contributed by atoms with E-state index < -0.39 is 5.97 Å². The van der Waals surface area contributed by atoms with Crippen LogP contribution in [0.5, 0.6) is 0 Å². The minimum absolute atomic E-state index is 0.103. The van der Waals surface area contributed by atoms with Crippen LogP contribution in [-0.2, 0) is 11.2 Å². The van der Waals surface area contributed by atoms with Crippen LogP contribution in [0, 0.1) is 6.92 Å². The number of aryl methyl sites for hydroxylation is 1. The lowest BCUT2D eigenvalue weighted by molar-refractivity contribution is -0.115. The molecular formula is C14H13NO3S. The second-order valence-corrected chi connectivity index (χ2v) is 5.17. The summed E-state index contributed by atoms with van der Waals surface area (Å²) in [6.07, 6.45) is 0.331. The van der Waals surface area contributed by atoms with Crippen molar-refractivity contribution in [2.45, 2.75) is 13.3 Å². The molecule has 0 aliphatic carbocycles. The molecule has 2 rings (SSSR count). The number of carboxylic acid groups (broad SMARTS) is 1. The lowest BCUT2D eigenvalue weighted by Crippen LogP contribution is -2.14. The van der Waals surface area contributed by atoms with E-state index in [1.165, 1.54) is 17.4 Å². The van der Waals surface area contributed by atoms with Crippen molar-refractivity contribution in [3.8, 4) is 0 Å². The summed E-state index contributed by atoms with van der Waals surface area (Å²) in [5.41, 5.74) is 1.60. The fourth-order valence-corrected chi connectivity index (χ4v) is 2.41. The van der Waals surface area contributed by atoms with Gasteiger partial charge < -0.3 is 10.4 Å². The maximum Gasteiger partial charge on any atom is 0.335 e. The Kier molecular flexibility index (Phi) is 3.97. The lowest BCUT2D eigenvalue weighted by Gasteiger charge is -2.08. The first-order valence-corrected chi connectivity index (χ1v) is 6.60. The molecule has 0 saturated heterocycles. The number of nitrogens with one attached hydrogen (secondary N) is 1. The van der Waals surface area contributed by atoms with Crippen LogP contribution in [0.2, 0.25) is 0 Å². The van der Waals surface area contributed by atoms with Gasteiger partial charge in [0.1, 0.15) is 0 Å². The van der Waals surface area contributed by atoms with E-state index in [0.29, 0.717) is 12.1 Å². The molecule has 0 spiro atoms. The van der Waals surface area contributed by atoms with Crippen LogP contribution >= 0.6 is 11.3 Å². The first-order chi connectivity index (χ1) is 9.06. The van der Waals surface area contributed by atoms with E-state index in [1.54, 1.807) is 19.1 Å². The monoisotopic (exact) mass is 275 g/mol. The highest BCUT2D eigenvalue weighted by Crippen LogP contribution is 2.17. The molecule has 0 saturated carbocycles. The normalized spacial score (nSPS) is 10.2. The van der Waals surface area contributed by atoms with Crippen LogP contribution in [0.4, 0.5) is 5.69 Å². The second kappa shape index (κ2) is 5.67. The molecular weight excluding hydrogens is 262 g/mol. The summed E-state index contributed by atoms with van der Waals surface area (Å²) in [5.74, 6) is -1.08. The van der Waals surface area contributed by atoms with Gasteiger partial charge in [-0.2, -0.15) is 0 Å². The lowest BCUT2D eigenvalue weighted by atomic mass is 10.1. The predicted octanol–water partition coefficient (Wildman–Crippen LogP) is 2.94. The Labute approximate surface area is 114 Å². The van der Waals surface area contributed by atoms with Crippen molar-refractivity contribution in [1.82, 2.24) is 0 Å². The Morgan fingerprint density at radius 3 is 2.68 bits per heavy atom. The van der Waals surface area contributed by atoms with Crippen LogP contribution in [0.25, 0.3) is 0 Å². The van der Waals surface area contributed by atoms with Gasteiger partial charge in [-0.15, -0.1) is 11.3 Å². The highest BCUT2D eigenvalue weighted by molar-refractivity contribution is 7.10. The molecule has 2 aromatic rings. The molecule has 0 atom stereocenters. The van der Waals surface area contributed by atoms with Crippen molar-refractivity contribution in [2.75, 3.05) is 5.32 Å². The van der Waals surface area contributed by atoms with Gasteiger partial charge in [-0.25, -0.2) is 4.79 Å². The number of hydrogen-bond acceptors (Lipinski definition) is 3. The maximum atomic E-state index is 11.8. The van der Waals surface area contributed by atoms with Gasteiger partial charge in [-0.1, -0.05) is 6.07 Å². The van der Waals surface area contributed by atoms with E-state index in [0.717, 1.165) is 10.4 Å². The molecule has 0 radical (unpaired) electrons. The Morgan fingerprint density at radius 2 is 2.11 bits per heavy atom. The van der Waals surface area contributed by atoms with E-state index in [-0.39, 0.29) is 11.5 Å². The summed E-state index contributed by atoms with van der Waals surface area (Å²) < 4.78 is 0. The van der Waals surface area contributed by atoms with E-state index in [2.05, 4.69) is 5.32 Å². The molecule has 5 heteroatoms. The molecule has 0 unspecified atom stereocenters. The zero-order valence-electron chi connectivity index (χ0n) is 10.3. The molecule has 19 heavy (non-hydrogen) atoms. The largest absolute Gasteiger partial charge is 0.478 e. The molecule has 0 aliphatic rings. The molecule has 1 amide bonds. The first-order valence-electron chi connectivity index (χ1n) is 5.72. The van der Waals surface area contributed by atoms with Crippen LogP contribution in [-0.4, -0.2) is 17.0 Å². The number of anilines is 1. The number of hydrogen-bond donors (Lipinski definition) is 2. The SMILES string of the molecule is Cc1cc(C(=O)O)ccc1NC(=O)Cc1cccs1. The smallest absolute Gasteiger partial charge is 0.335 e. The van der Waals surface area contributed by atoms with Crippen LogP contribution < -0.4 is 5.32 Å². The van der Waals surface area contributed by atoms with E-state index in [1.807, 2.05) is 17.5 Å². The average Bonchev–Trinajstić information content (AvgIpc) is 2.84. The Hall–Kier alpha value is -2.14. The number of thiophene rings is 1. The summed E-state index contributed by atoms with van der Waals surface area (Å²) in [4.78, 5) is 23.6. The Morgan fingerprint density at radius 1 is 1.32 bits per heavy atom. The van der Waals surface area contributed by atoms with Gasteiger partial charge in [-0.05, 0) is 42.1 Å². The summed E-state index contributed by atoms with van der Waals surface area (Å²) in [6, 6.07) is 8.45. The zero-order valence-corrected chi connectivity index (χ0v) is 11.2. The van der Waals surface area contributed by atoms with E-state index in [4.69, 9.17) is 5.11 Å². The number of rotatable bonds is 4. The molecule has 0 fully saturated rings. The van der Waals surface area contributed by atoms with Crippen LogP contribution in [0.1, 0.15) is 20.8 Å². The number of carbonyl (C=O) groups excluding carboxylic acids is 1. The molecule has 98 valence electrons. The Bertz CT molecular complexity index is 605. The topological polar surface area (TPSA) is 66.4 Å². The number of amides is 1. The average molecular weight is 275 g/mol. The quantitative estimate of drug-likeness (QED) is 0.901. The third-order valence-corrected chi connectivity index (χ3v) is 3.54. The summed E-state index contributed by atoms with van der Waals surface area (Å²) in [5, 5.41) is 13.6. The molecule has 1 aromatic carbocycles. The van der Waals surface area contributed by atoms with Gasteiger partial charge in [0.05, 0.1) is 12.0 Å². The van der Waals surface area contributed by atoms with Gasteiger partial charge in [0.15, 0.2) is 0 Å². The molecule has 1 heterocycles. The molecule has 4 nitrogen and oxygen atoms in total. The Balaban J connectivity index is 2.07. The molecule has 2 N–H and O–H groups in total. The zero-order chi connectivity index (χ0) is 13.8. The second-order valence-electron chi connectivity index (χ2n) is 4.14. The highest BCUT2D eigenvalue weighted by Gasteiger charge is 2.09. The minimum atomic E-state index is -0.973. The summed E-state index contributed by atoms with van der Waals surface area (Å²) in [6.45, 7) is 1.77. The van der Waals surface area contributed by atoms with Gasteiger partial charge >= 0.3 is 5.97 Å². The highest BCUT2D eigenvalue weighted by atomic mass is 32.1. The van der Waals surface area contributed by atoms with Gasteiger partial charge in [0.2, 0.25) is 5.91 Å². The van der Waals surface area contributed by atoms with Crippen molar-refractivity contribution >= 4 is 28.9 Å². The fraction of sp³-hybridized carbons (Fsp3) is 0.143. The molecule has 0 bridgehead atoms. The van der Waals surface area contributed by atoms with Crippen molar-refractivity contribution in [3.05, 3.63) is 51.7 Å². The van der Waals surface area contributed by atoms with Crippen molar-refractivity contribution in [3.63, 3.8) is 0 Å². The summed E-state index contributed by atoms with van der Waals surface area (Å²) in [7, 11) is 0. The third kappa shape index (κ3) is 3.42. The van der Waals surface area contributed by atoms with Crippen LogP contribution in [0.15, 0.2) is 35.7 Å². The van der Waals surface area contributed by atoms with Crippen molar-refractivity contribution in [1.29, 1.82) is 0 Å². The van der Waals surface area contributed by atoms with Crippen molar-refractivity contribution < 1.29 is 14.7 Å². The number of carboxylic acids is 1. The van der Waals surface area contributed by atoms with E-state index in [9.17, 15) is 9.59 Å². The third-order valence-electron chi connectivity index (χ3n) is 2.66. The summed E-state index contributed by atoms with van der Waals surface area (Å²) >= 11 is 1.53. The number of carbonyl (C=O) groups is 2. The van der Waals surface area contributed by atoms with Crippen LogP contribution in [0.3, 0.4) is 0 Å². The molecule has 0 aliphatic heterocycles. The van der Waals surface area contributed by atoms with Gasteiger partial charge in [0.25, 0.3) is 0 Å². The van der Waals surface area contributed by atoms with E-state index >= 15 is 0 Å². The number of aromatic carboxylic acids is 1. The van der Waals surface area contributed by atoms with Gasteiger partial charge in [0, 0.05) is 10.6 Å². The standard InChI is InChI=1S/C14H13NO3S/c1-9-7-10(14(17)18)4-5-12(9)15-13(16)8-11-3-2-6-19-11/h2-7H,8H2,1H3,(H,15,16)(H,17,18). The minimum Gasteiger partial charge on any atom is -0.478 e. The van der Waals surface area contributed by atoms with Gasteiger partial charge in [-0.3, -0.25) is 4.79 Å². The maximum absolute atomic E-state index is 11.8. The predicted molar refractivity (Wildman–Crippen MR) is 74.8 cm³/mol. The number of benzene rings is 1. The first kappa shape index (κ1) is 13.3. The fourth-order valence-electron chi connectivity index (χ4n) is 1.70.